The summed E-state index contributed by atoms with van der Waals surface area (Å²) in [6, 6.07) is 5.32. The second-order valence-corrected chi connectivity index (χ2v) is 5.20. The van der Waals surface area contributed by atoms with Gasteiger partial charge in [-0.1, -0.05) is 0 Å². The SMILES string of the molecule is NC1CCC(C(=O)c2ccc3[nH]c(=O)oc3c2)CC1. The van der Waals surface area contributed by atoms with Crippen LogP contribution in [0.5, 0.6) is 0 Å². The lowest BCUT2D eigenvalue weighted by molar-refractivity contribution is 0.0885. The molecule has 1 saturated carbocycles. The third kappa shape index (κ3) is 2.33. The van der Waals surface area contributed by atoms with Gasteiger partial charge in [0.25, 0.3) is 0 Å². The van der Waals surface area contributed by atoms with Crippen LogP contribution in [-0.4, -0.2) is 16.8 Å². The number of nitrogens with one attached hydrogen (secondary N) is 1. The van der Waals surface area contributed by atoms with E-state index in [9.17, 15) is 9.59 Å². The largest absolute Gasteiger partial charge is 0.417 e. The molecule has 0 saturated heterocycles. The molecule has 1 aliphatic carbocycles. The quantitative estimate of drug-likeness (QED) is 0.806. The van der Waals surface area contributed by atoms with Crippen molar-refractivity contribution < 1.29 is 9.21 Å². The first-order chi connectivity index (χ1) is 9.13. The second-order valence-electron chi connectivity index (χ2n) is 5.20. The zero-order valence-electron chi connectivity index (χ0n) is 10.5. The molecule has 0 spiro atoms. The van der Waals surface area contributed by atoms with E-state index in [0.717, 1.165) is 25.7 Å². The number of carbonyl (C=O) groups is 1. The van der Waals surface area contributed by atoms with Gasteiger partial charge in [-0.25, -0.2) is 4.79 Å². The number of benzene rings is 1. The zero-order chi connectivity index (χ0) is 13.4. The number of hydrogen-bond acceptors (Lipinski definition) is 4. The van der Waals surface area contributed by atoms with Crippen LogP contribution in [0.25, 0.3) is 11.1 Å². The molecule has 1 fully saturated rings. The van der Waals surface area contributed by atoms with E-state index in [4.69, 9.17) is 10.2 Å². The summed E-state index contributed by atoms with van der Waals surface area (Å²) in [4.78, 5) is 26.0. The molecule has 2 aromatic rings. The van der Waals surface area contributed by atoms with E-state index in [1.165, 1.54) is 0 Å². The van der Waals surface area contributed by atoms with Crippen molar-refractivity contribution in [1.29, 1.82) is 0 Å². The van der Waals surface area contributed by atoms with Crippen molar-refractivity contribution in [2.24, 2.45) is 11.7 Å². The number of H-pyrrole nitrogens is 1. The standard InChI is InChI=1S/C14H16N2O3/c15-10-4-1-8(2-5-10)13(17)9-3-6-11-12(7-9)19-14(18)16-11/h3,6-8,10H,1-2,4-5,15H2,(H,16,18). The molecule has 3 rings (SSSR count). The van der Waals surface area contributed by atoms with Crippen LogP contribution >= 0.6 is 0 Å². The van der Waals surface area contributed by atoms with Gasteiger partial charge in [0, 0.05) is 17.5 Å². The van der Waals surface area contributed by atoms with Crippen LogP contribution in [0.1, 0.15) is 36.0 Å². The fourth-order valence-electron chi connectivity index (χ4n) is 2.72. The lowest BCUT2D eigenvalue weighted by Crippen LogP contribution is -2.29. The van der Waals surface area contributed by atoms with Gasteiger partial charge in [0.05, 0.1) is 5.52 Å². The first kappa shape index (κ1) is 12.2. The van der Waals surface area contributed by atoms with Crippen molar-refractivity contribution in [3.8, 4) is 0 Å². The predicted molar refractivity (Wildman–Crippen MR) is 71.1 cm³/mol. The number of aromatic amines is 1. The molecule has 100 valence electrons. The highest BCUT2D eigenvalue weighted by Gasteiger charge is 2.25. The number of hydrogen-bond donors (Lipinski definition) is 2. The highest BCUT2D eigenvalue weighted by atomic mass is 16.4. The van der Waals surface area contributed by atoms with E-state index < -0.39 is 5.76 Å². The Morgan fingerprint density at radius 2 is 2.00 bits per heavy atom. The summed E-state index contributed by atoms with van der Waals surface area (Å²) in [6.07, 6.45) is 3.49. The van der Waals surface area contributed by atoms with E-state index in [2.05, 4.69) is 4.98 Å². The molecule has 5 heteroatoms. The molecule has 3 N–H and O–H groups in total. The van der Waals surface area contributed by atoms with Crippen molar-refractivity contribution in [1.82, 2.24) is 4.98 Å². The number of nitrogens with two attached hydrogens (primary N) is 1. The minimum absolute atomic E-state index is 0.0444. The Morgan fingerprint density at radius 3 is 2.74 bits per heavy atom. The average Bonchev–Trinajstić information content (AvgIpc) is 2.77. The Labute approximate surface area is 109 Å². The molecule has 1 heterocycles. The van der Waals surface area contributed by atoms with Gasteiger partial charge in [0.15, 0.2) is 11.4 Å². The molecule has 0 bridgehead atoms. The van der Waals surface area contributed by atoms with Crippen LogP contribution in [-0.2, 0) is 0 Å². The van der Waals surface area contributed by atoms with Crippen LogP contribution in [0.15, 0.2) is 27.4 Å². The number of aromatic nitrogens is 1. The molecule has 0 amide bonds. The number of oxazole rings is 1. The van der Waals surface area contributed by atoms with Crippen LogP contribution in [0, 0.1) is 5.92 Å². The third-order valence-corrected chi connectivity index (χ3v) is 3.85. The molecule has 0 radical (unpaired) electrons. The summed E-state index contributed by atoms with van der Waals surface area (Å²) in [7, 11) is 0. The van der Waals surface area contributed by atoms with Gasteiger partial charge in [-0.05, 0) is 43.9 Å². The summed E-state index contributed by atoms with van der Waals surface area (Å²) in [5, 5.41) is 0. The van der Waals surface area contributed by atoms with E-state index in [0.29, 0.717) is 16.7 Å². The third-order valence-electron chi connectivity index (χ3n) is 3.85. The molecule has 1 aromatic carbocycles. The zero-order valence-corrected chi connectivity index (χ0v) is 10.5. The Kier molecular flexibility index (Phi) is 2.98. The minimum Gasteiger partial charge on any atom is -0.408 e. The van der Waals surface area contributed by atoms with E-state index in [-0.39, 0.29) is 17.7 Å². The topological polar surface area (TPSA) is 89.1 Å². The van der Waals surface area contributed by atoms with E-state index in [1.807, 2.05) is 0 Å². The van der Waals surface area contributed by atoms with Crippen LogP contribution in [0.3, 0.4) is 0 Å². The highest BCUT2D eigenvalue weighted by Crippen LogP contribution is 2.27. The summed E-state index contributed by atoms with van der Waals surface area (Å²) >= 11 is 0. The fraction of sp³-hybridized carbons (Fsp3) is 0.429. The van der Waals surface area contributed by atoms with Crippen molar-refractivity contribution in [2.45, 2.75) is 31.7 Å². The summed E-state index contributed by atoms with van der Waals surface area (Å²) in [5.74, 6) is -0.330. The molecular weight excluding hydrogens is 244 g/mol. The number of Topliss-reactive ketones (excluding diaryl/α,β-unsaturated/α-hetero) is 1. The van der Waals surface area contributed by atoms with Gasteiger partial charge in [-0.15, -0.1) is 0 Å². The maximum absolute atomic E-state index is 12.4. The minimum atomic E-state index is -0.497. The number of fused-ring (bicyclic) bond motifs is 1. The van der Waals surface area contributed by atoms with Crippen molar-refractivity contribution >= 4 is 16.9 Å². The lowest BCUT2D eigenvalue weighted by atomic mass is 9.82. The lowest BCUT2D eigenvalue weighted by Gasteiger charge is -2.24. The second kappa shape index (κ2) is 4.66. The van der Waals surface area contributed by atoms with Crippen LogP contribution < -0.4 is 11.5 Å². The van der Waals surface area contributed by atoms with Crippen LogP contribution in [0.2, 0.25) is 0 Å². The smallest absolute Gasteiger partial charge is 0.408 e. The highest BCUT2D eigenvalue weighted by molar-refractivity contribution is 6.00. The first-order valence-corrected chi connectivity index (χ1v) is 6.56. The number of carbonyl (C=O) groups excluding carboxylic acids is 1. The number of rotatable bonds is 2. The summed E-state index contributed by atoms with van der Waals surface area (Å²) in [6.45, 7) is 0. The molecule has 1 aliphatic rings. The molecule has 19 heavy (non-hydrogen) atoms. The molecule has 0 unspecified atom stereocenters. The van der Waals surface area contributed by atoms with Gasteiger partial charge >= 0.3 is 5.76 Å². The maximum atomic E-state index is 12.4. The Morgan fingerprint density at radius 1 is 1.26 bits per heavy atom. The van der Waals surface area contributed by atoms with Gasteiger partial charge in [0.1, 0.15) is 0 Å². The fourth-order valence-corrected chi connectivity index (χ4v) is 2.72. The van der Waals surface area contributed by atoms with Gasteiger partial charge < -0.3 is 10.2 Å². The molecule has 0 atom stereocenters. The van der Waals surface area contributed by atoms with E-state index >= 15 is 0 Å². The monoisotopic (exact) mass is 260 g/mol. The number of ketones is 1. The Balaban J connectivity index is 1.86. The predicted octanol–water partition coefficient (Wildman–Crippen LogP) is 1.82. The Hall–Kier alpha value is -1.88. The summed E-state index contributed by atoms with van der Waals surface area (Å²) < 4.78 is 4.98. The van der Waals surface area contributed by atoms with Gasteiger partial charge in [-0.3, -0.25) is 9.78 Å². The molecule has 5 nitrogen and oxygen atoms in total. The van der Waals surface area contributed by atoms with E-state index in [1.54, 1.807) is 18.2 Å². The normalized spacial score (nSPS) is 23.6. The van der Waals surface area contributed by atoms with Gasteiger partial charge in [0.2, 0.25) is 0 Å². The van der Waals surface area contributed by atoms with Crippen molar-refractivity contribution in [2.75, 3.05) is 0 Å². The molecular formula is C14H16N2O3. The van der Waals surface area contributed by atoms with Gasteiger partial charge in [-0.2, -0.15) is 0 Å². The van der Waals surface area contributed by atoms with Crippen molar-refractivity contribution in [3.63, 3.8) is 0 Å². The molecule has 1 aromatic heterocycles. The van der Waals surface area contributed by atoms with Crippen LogP contribution in [0.4, 0.5) is 0 Å². The Bertz CT molecular complexity index is 663. The molecule has 0 aliphatic heterocycles. The summed E-state index contributed by atoms with van der Waals surface area (Å²) in [5.41, 5.74) is 7.51. The maximum Gasteiger partial charge on any atom is 0.417 e. The van der Waals surface area contributed by atoms with Crippen molar-refractivity contribution in [3.05, 3.63) is 34.3 Å². The first-order valence-electron chi connectivity index (χ1n) is 6.56. The average molecular weight is 260 g/mol.